The van der Waals surface area contributed by atoms with Crippen molar-refractivity contribution in [2.75, 3.05) is 5.73 Å². The predicted octanol–water partition coefficient (Wildman–Crippen LogP) is 2.05. The van der Waals surface area contributed by atoms with Gasteiger partial charge in [0.05, 0.1) is 6.61 Å². The van der Waals surface area contributed by atoms with Crippen LogP contribution >= 0.6 is 0 Å². The third-order valence-electron chi connectivity index (χ3n) is 2.81. The van der Waals surface area contributed by atoms with Gasteiger partial charge in [-0.1, -0.05) is 36.4 Å². The number of rotatable bonds is 5. The van der Waals surface area contributed by atoms with E-state index in [0.29, 0.717) is 0 Å². The first-order chi connectivity index (χ1) is 8.78. The van der Waals surface area contributed by atoms with E-state index in [1.54, 1.807) is 0 Å². The van der Waals surface area contributed by atoms with Crippen LogP contribution in [0.15, 0.2) is 48.5 Å². The summed E-state index contributed by atoms with van der Waals surface area (Å²) >= 11 is 0. The molecule has 0 amide bonds. The van der Waals surface area contributed by atoms with Crippen LogP contribution < -0.4 is 11.1 Å². The fourth-order valence-corrected chi connectivity index (χ4v) is 1.82. The van der Waals surface area contributed by atoms with Crippen LogP contribution in [0.3, 0.4) is 0 Å². The molecule has 2 aromatic rings. The van der Waals surface area contributed by atoms with Crippen molar-refractivity contribution in [1.29, 1.82) is 0 Å². The van der Waals surface area contributed by atoms with Gasteiger partial charge in [-0.2, -0.15) is 0 Å². The third kappa shape index (κ3) is 3.58. The molecular formula is C15H18N2O. The van der Waals surface area contributed by atoms with Crippen LogP contribution in [0.2, 0.25) is 0 Å². The van der Waals surface area contributed by atoms with E-state index in [2.05, 4.69) is 11.4 Å². The van der Waals surface area contributed by atoms with Gasteiger partial charge in [0, 0.05) is 18.8 Å². The predicted molar refractivity (Wildman–Crippen MR) is 73.8 cm³/mol. The minimum absolute atomic E-state index is 0.0942. The zero-order chi connectivity index (χ0) is 12.8. The van der Waals surface area contributed by atoms with Crippen molar-refractivity contribution in [3.05, 3.63) is 65.2 Å². The number of hydrogen-bond donors (Lipinski definition) is 3. The fourth-order valence-electron chi connectivity index (χ4n) is 1.82. The molecule has 2 aromatic carbocycles. The maximum atomic E-state index is 8.95. The first-order valence-electron chi connectivity index (χ1n) is 6.02. The van der Waals surface area contributed by atoms with Crippen molar-refractivity contribution in [2.24, 2.45) is 0 Å². The fraction of sp³-hybridized carbons (Fsp3) is 0.200. The second kappa shape index (κ2) is 6.19. The molecule has 94 valence electrons. The number of hydrogen-bond acceptors (Lipinski definition) is 3. The van der Waals surface area contributed by atoms with Crippen LogP contribution in [-0.2, 0) is 19.7 Å². The zero-order valence-electron chi connectivity index (χ0n) is 10.3. The maximum Gasteiger partial charge on any atom is 0.0681 e. The molecule has 0 radical (unpaired) electrons. The molecule has 0 spiro atoms. The number of anilines is 1. The highest BCUT2D eigenvalue weighted by atomic mass is 16.3. The minimum Gasteiger partial charge on any atom is -0.399 e. The van der Waals surface area contributed by atoms with Crippen LogP contribution in [0.25, 0.3) is 0 Å². The lowest BCUT2D eigenvalue weighted by atomic mass is 10.1. The van der Waals surface area contributed by atoms with Crippen molar-refractivity contribution >= 4 is 5.69 Å². The summed E-state index contributed by atoms with van der Waals surface area (Å²) in [4.78, 5) is 0. The monoisotopic (exact) mass is 242 g/mol. The van der Waals surface area contributed by atoms with Gasteiger partial charge in [-0.3, -0.25) is 0 Å². The summed E-state index contributed by atoms with van der Waals surface area (Å²) in [7, 11) is 0. The Labute approximate surface area is 107 Å². The van der Waals surface area contributed by atoms with Gasteiger partial charge >= 0.3 is 0 Å². The molecule has 0 aromatic heterocycles. The molecule has 18 heavy (non-hydrogen) atoms. The SMILES string of the molecule is Nc1cccc(CNCc2ccc(CO)cc2)c1. The van der Waals surface area contributed by atoms with E-state index >= 15 is 0 Å². The molecule has 0 saturated heterocycles. The highest BCUT2D eigenvalue weighted by Gasteiger charge is 1.96. The molecule has 0 bridgehead atoms. The van der Waals surface area contributed by atoms with Gasteiger partial charge < -0.3 is 16.2 Å². The minimum atomic E-state index is 0.0942. The Kier molecular flexibility index (Phi) is 4.34. The molecule has 2 rings (SSSR count). The number of aliphatic hydroxyl groups is 1. The standard InChI is InChI=1S/C15H18N2O/c16-15-3-1-2-14(8-15)10-17-9-12-4-6-13(11-18)7-5-12/h1-8,17-18H,9-11,16H2. The Bertz CT molecular complexity index is 494. The summed E-state index contributed by atoms with van der Waals surface area (Å²) in [6, 6.07) is 15.8. The van der Waals surface area contributed by atoms with Crippen molar-refractivity contribution < 1.29 is 5.11 Å². The van der Waals surface area contributed by atoms with Crippen molar-refractivity contribution in [3.63, 3.8) is 0 Å². The third-order valence-corrected chi connectivity index (χ3v) is 2.81. The molecule has 0 aliphatic rings. The van der Waals surface area contributed by atoms with Crippen molar-refractivity contribution in [2.45, 2.75) is 19.7 Å². The lowest BCUT2D eigenvalue weighted by molar-refractivity contribution is 0.282. The summed E-state index contributed by atoms with van der Waals surface area (Å²) in [5.74, 6) is 0. The molecule has 3 nitrogen and oxygen atoms in total. The Morgan fingerprint density at radius 1 is 0.889 bits per heavy atom. The summed E-state index contributed by atoms with van der Waals surface area (Å²) in [5.41, 5.74) is 9.84. The largest absolute Gasteiger partial charge is 0.399 e. The molecular weight excluding hydrogens is 224 g/mol. The summed E-state index contributed by atoms with van der Waals surface area (Å²) in [6.07, 6.45) is 0. The number of benzene rings is 2. The van der Waals surface area contributed by atoms with E-state index in [1.807, 2.05) is 42.5 Å². The van der Waals surface area contributed by atoms with Crippen LogP contribution in [0.4, 0.5) is 5.69 Å². The molecule has 0 aliphatic carbocycles. The van der Waals surface area contributed by atoms with Gasteiger partial charge in [-0.15, -0.1) is 0 Å². The molecule has 4 N–H and O–H groups in total. The van der Waals surface area contributed by atoms with Crippen LogP contribution in [0, 0.1) is 0 Å². The number of aliphatic hydroxyl groups excluding tert-OH is 1. The van der Waals surface area contributed by atoms with Crippen molar-refractivity contribution in [1.82, 2.24) is 5.32 Å². The van der Waals surface area contributed by atoms with Gasteiger partial charge in [0.15, 0.2) is 0 Å². The second-order valence-electron chi connectivity index (χ2n) is 4.32. The molecule has 0 unspecified atom stereocenters. The smallest absolute Gasteiger partial charge is 0.0681 e. The summed E-state index contributed by atoms with van der Waals surface area (Å²) in [6.45, 7) is 1.70. The van der Waals surface area contributed by atoms with Gasteiger partial charge in [0.1, 0.15) is 0 Å². The van der Waals surface area contributed by atoms with Gasteiger partial charge in [0.25, 0.3) is 0 Å². The van der Waals surface area contributed by atoms with Crippen molar-refractivity contribution in [3.8, 4) is 0 Å². The van der Waals surface area contributed by atoms with E-state index in [0.717, 1.165) is 24.3 Å². The number of nitrogen functional groups attached to an aromatic ring is 1. The lowest BCUT2D eigenvalue weighted by Crippen LogP contribution is -2.12. The highest BCUT2D eigenvalue weighted by Crippen LogP contribution is 2.07. The molecule has 0 fully saturated rings. The van der Waals surface area contributed by atoms with Crippen LogP contribution in [0.1, 0.15) is 16.7 Å². The average Bonchev–Trinajstić information content (AvgIpc) is 2.40. The van der Waals surface area contributed by atoms with Gasteiger partial charge in [-0.25, -0.2) is 0 Å². The molecule has 0 atom stereocenters. The molecule has 3 heteroatoms. The van der Waals surface area contributed by atoms with Gasteiger partial charge in [0.2, 0.25) is 0 Å². The Balaban J connectivity index is 1.84. The van der Waals surface area contributed by atoms with E-state index in [4.69, 9.17) is 10.8 Å². The van der Waals surface area contributed by atoms with Crippen LogP contribution in [0.5, 0.6) is 0 Å². The molecule has 0 saturated carbocycles. The summed E-state index contributed by atoms with van der Waals surface area (Å²) < 4.78 is 0. The maximum absolute atomic E-state index is 8.95. The topological polar surface area (TPSA) is 58.3 Å². The zero-order valence-corrected chi connectivity index (χ0v) is 10.3. The van der Waals surface area contributed by atoms with E-state index in [9.17, 15) is 0 Å². The molecule has 0 aliphatic heterocycles. The second-order valence-corrected chi connectivity index (χ2v) is 4.32. The number of nitrogens with two attached hydrogens (primary N) is 1. The number of nitrogens with one attached hydrogen (secondary N) is 1. The lowest BCUT2D eigenvalue weighted by Gasteiger charge is -2.06. The summed E-state index contributed by atoms with van der Waals surface area (Å²) in [5, 5.41) is 12.3. The normalized spacial score (nSPS) is 10.5. The first-order valence-corrected chi connectivity index (χ1v) is 6.02. The molecule has 0 heterocycles. The van der Waals surface area contributed by atoms with E-state index < -0.39 is 0 Å². The highest BCUT2D eigenvalue weighted by molar-refractivity contribution is 5.40. The Morgan fingerprint density at radius 3 is 2.22 bits per heavy atom. The first kappa shape index (κ1) is 12.6. The average molecular weight is 242 g/mol. The van der Waals surface area contributed by atoms with Gasteiger partial charge in [-0.05, 0) is 28.8 Å². The Hall–Kier alpha value is -1.84. The Morgan fingerprint density at radius 2 is 1.56 bits per heavy atom. The van der Waals surface area contributed by atoms with E-state index in [-0.39, 0.29) is 6.61 Å². The van der Waals surface area contributed by atoms with E-state index in [1.165, 1.54) is 11.1 Å². The quantitative estimate of drug-likeness (QED) is 0.703. The van der Waals surface area contributed by atoms with Crippen LogP contribution in [-0.4, -0.2) is 5.11 Å².